The number of para-hydroxylation sites is 2. The zero-order valence-corrected chi connectivity index (χ0v) is 14.0. The molecule has 1 aromatic heterocycles. The number of fused-ring (bicyclic) bond motifs is 1. The molecule has 1 atom stereocenters. The largest absolute Gasteiger partial charge is 0.372 e. The zero-order valence-electron chi connectivity index (χ0n) is 13.1. The Morgan fingerprint density at radius 2 is 1.68 bits per heavy atom. The maximum atomic E-state index is 13.1. The summed E-state index contributed by atoms with van der Waals surface area (Å²) in [7, 11) is -2.52. The summed E-state index contributed by atoms with van der Waals surface area (Å²) in [6, 6.07) is 13.1. The van der Waals surface area contributed by atoms with Crippen molar-refractivity contribution >= 4 is 26.7 Å². The van der Waals surface area contributed by atoms with Gasteiger partial charge in [-0.2, -0.15) is 5.26 Å². The van der Waals surface area contributed by atoms with Gasteiger partial charge in [-0.15, -0.1) is 0 Å². The van der Waals surface area contributed by atoms with Crippen LogP contribution in [-0.2, 0) is 9.84 Å². The van der Waals surface area contributed by atoms with Gasteiger partial charge in [0.05, 0.1) is 22.0 Å². The Kier molecular flexibility index (Phi) is 4.33. The summed E-state index contributed by atoms with van der Waals surface area (Å²) in [6.45, 7) is 0. The summed E-state index contributed by atoms with van der Waals surface area (Å²) in [5.41, 5.74) is 1.06. The highest BCUT2D eigenvalue weighted by Crippen LogP contribution is 2.32. The predicted octanol–water partition coefficient (Wildman–Crippen LogP) is 2.85. The lowest BCUT2D eigenvalue weighted by molar-refractivity contribution is 0.589. The van der Waals surface area contributed by atoms with E-state index in [4.69, 9.17) is 0 Å². The Hall–Kier alpha value is -3.05. The van der Waals surface area contributed by atoms with E-state index in [0.717, 1.165) is 24.3 Å². The molecule has 2 aromatic carbocycles. The van der Waals surface area contributed by atoms with E-state index in [1.807, 2.05) is 0 Å². The van der Waals surface area contributed by atoms with E-state index in [1.54, 1.807) is 37.4 Å². The van der Waals surface area contributed by atoms with Crippen molar-refractivity contribution < 1.29 is 12.8 Å². The molecular weight excluding hydrogens is 343 g/mol. The minimum absolute atomic E-state index is 0.00743. The van der Waals surface area contributed by atoms with Crippen LogP contribution in [0, 0.1) is 17.1 Å². The van der Waals surface area contributed by atoms with Crippen molar-refractivity contribution in [3.63, 3.8) is 0 Å². The predicted molar refractivity (Wildman–Crippen MR) is 91.0 cm³/mol. The summed E-state index contributed by atoms with van der Waals surface area (Å²) in [4.78, 5) is 8.51. The van der Waals surface area contributed by atoms with Crippen LogP contribution in [0.5, 0.6) is 0 Å². The molecule has 0 fully saturated rings. The van der Waals surface area contributed by atoms with E-state index < -0.39 is 20.9 Å². The molecule has 0 spiro atoms. The van der Waals surface area contributed by atoms with Gasteiger partial charge in [0.1, 0.15) is 11.5 Å². The fraction of sp³-hybridized carbons (Fsp3) is 0.118. The first-order valence-electron chi connectivity index (χ1n) is 7.31. The van der Waals surface area contributed by atoms with Gasteiger partial charge in [-0.05, 0) is 36.4 Å². The number of benzene rings is 2. The average Bonchev–Trinajstić information content (AvgIpc) is 2.62. The van der Waals surface area contributed by atoms with Crippen LogP contribution in [0.1, 0.15) is 10.9 Å². The Balaban J connectivity index is 2.20. The normalized spacial score (nSPS) is 12.5. The van der Waals surface area contributed by atoms with Gasteiger partial charge in [0.25, 0.3) is 0 Å². The van der Waals surface area contributed by atoms with E-state index >= 15 is 0 Å². The van der Waals surface area contributed by atoms with E-state index in [-0.39, 0.29) is 16.4 Å². The highest BCUT2D eigenvalue weighted by molar-refractivity contribution is 7.92. The minimum atomic E-state index is -4.09. The molecule has 0 bridgehead atoms. The van der Waals surface area contributed by atoms with Crippen molar-refractivity contribution in [2.45, 2.75) is 10.1 Å². The highest BCUT2D eigenvalue weighted by Gasteiger charge is 2.33. The van der Waals surface area contributed by atoms with Gasteiger partial charge < -0.3 is 5.32 Å². The van der Waals surface area contributed by atoms with Crippen LogP contribution >= 0.6 is 0 Å². The van der Waals surface area contributed by atoms with E-state index in [2.05, 4.69) is 15.3 Å². The van der Waals surface area contributed by atoms with Crippen molar-refractivity contribution in [2.75, 3.05) is 12.4 Å². The molecule has 6 nitrogen and oxygen atoms in total. The van der Waals surface area contributed by atoms with Crippen LogP contribution in [0.15, 0.2) is 53.4 Å². The van der Waals surface area contributed by atoms with E-state index in [9.17, 15) is 18.1 Å². The number of nitrogens with one attached hydrogen (secondary N) is 1. The Morgan fingerprint density at radius 3 is 2.24 bits per heavy atom. The smallest absolute Gasteiger partial charge is 0.200 e. The van der Waals surface area contributed by atoms with Crippen molar-refractivity contribution in [1.82, 2.24) is 9.97 Å². The maximum Gasteiger partial charge on any atom is 0.200 e. The Bertz CT molecular complexity index is 1080. The summed E-state index contributed by atoms with van der Waals surface area (Å²) in [5.74, 6) is -0.357. The van der Waals surface area contributed by atoms with Crippen LogP contribution in [-0.4, -0.2) is 25.4 Å². The number of anilines is 1. The van der Waals surface area contributed by atoms with Crippen LogP contribution in [0.25, 0.3) is 11.0 Å². The number of halogens is 1. The molecular formula is C17H13FN4O2S. The molecule has 0 unspecified atom stereocenters. The number of hydrogen-bond donors (Lipinski definition) is 1. The second-order valence-corrected chi connectivity index (χ2v) is 7.24. The number of sulfone groups is 1. The van der Waals surface area contributed by atoms with Crippen LogP contribution in [0.2, 0.25) is 0 Å². The lowest BCUT2D eigenvalue weighted by atomic mass is 10.2. The third kappa shape index (κ3) is 3.02. The van der Waals surface area contributed by atoms with Crippen molar-refractivity contribution in [3.8, 4) is 6.07 Å². The van der Waals surface area contributed by atoms with E-state index in [1.165, 1.54) is 0 Å². The standard InChI is InChI=1S/C17H13FN4O2S/c1-20-17-16(21-13-4-2-3-5-14(13)22-17)15(10-19)25(23,24)12-8-6-11(18)7-9-12/h2-9,15H,1H3,(H,20,22)/t15-/m0/s1. The van der Waals surface area contributed by atoms with Gasteiger partial charge in [0.15, 0.2) is 11.1 Å². The number of nitriles is 1. The third-order valence-corrected chi connectivity index (χ3v) is 5.53. The number of rotatable bonds is 4. The molecule has 0 aliphatic rings. The molecule has 25 heavy (non-hydrogen) atoms. The summed E-state index contributed by atoms with van der Waals surface area (Å²) in [5, 5.41) is 10.7. The molecule has 0 aliphatic heterocycles. The molecule has 3 aromatic rings. The molecule has 8 heteroatoms. The first kappa shape index (κ1) is 16.8. The monoisotopic (exact) mass is 356 g/mol. The first-order valence-corrected chi connectivity index (χ1v) is 8.85. The topological polar surface area (TPSA) is 95.7 Å². The lowest BCUT2D eigenvalue weighted by Crippen LogP contribution is -2.16. The fourth-order valence-electron chi connectivity index (χ4n) is 2.42. The summed E-state index contributed by atoms with van der Waals surface area (Å²) < 4.78 is 38.8. The maximum absolute atomic E-state index is 13.1. The van der Waals surface area contributed by atoms with Gasteiger partial charge in [0, 0.05) is 7.05 Å². The van der Waals surface area contributed by atoms with Gasteiger partial charge in [-0.25, -0.2) is 22.8 Å². The molecule has 0 amide bonds. The summed E-state index contributed by atoms with van der Waals surface area (Å²) >= 11 is 0. The van der Waals surface area contributed by atoms with Gasteiger partial charge >= 0.3 is 0 Å². The van der Waals surface area contributed by atoms with Crippen LogP contribution in [0.3, 0.4) is 0 Å². The summed E-state index contributed by atoms with van der Waals surface area (Å²) in [6.07, 6.45) is 0. The molecule has 0 saturated heterocycles. The number of aromatic nitrogens is 2. The van der Waals surface area contributed by atoms with Gasteiger partial charge in [-0.3, -0.25) is 0 Å². The Labute approximate surface area is 143 Å². The Morgan fingerprint density at radius 1 is 1.08 bits per heavy atom. The second kappa shape index (κ2) is 6.45. The minimum Gasteiger partial charge on any atom is -0.372 e. The molecule has 3 rings (SSSR count). The average molecular weight is 356 g/mol. The number of hydrogen-bond acceptors (Lipinski definition) is 6. The van der Waals surface area contributed by atoms with Crippen molar-refractivity contribution in [2.24, 2.45) is 0 Å². The quantitative estimate of drug-likeness (QED) is 0.722. The second-order valence-electron chi connectivity index (χ2n) is 5.20. The van der Waals surface area contributed by atoms with Crippen molar-refractivity contribution in [3.05, 3.63) is 60.0 Å². The zero-order chi connectivity index (χ0) is 18.0. The number of nitrogens with zero attached hydrogens (tertiary/aromatic N) is 3. The van der Waals surface area contributed by atoms with Crippen molar-refractivity contribution in [1.29, 1.82) is 5.26 Å². The third-order valence-electron chi connectivity index (χ3n) is 3.65. The fourth-order valence-corrected chi connectivity index (χ4v) is 3.80. The molecule has 0 saturated carbocycles. The SMILES string of the molecule is CNc1nc2ccccc2nc1[C@H](C#N)S(=O)(=O)c1ccc(F)cc1. The highest BCUT2D eigenvalue weighted by atomic mass is 32.2. The molecule has 126 valence electrons. The lowest BCUT2D eigenvalue weighted by Gasteiger charge is -2.14. The van der Waals surface area contributed by atoms with Gasteiger partial charge in [0.2, 0.25) is 9.84 Å². The van der Waals surface area contributed by atoms with Gasteiger partial charge in [-0.1, -0.05) is 12.1 Å². The molecule has 0 aliphatic carbocycles. The molecule has 1 N–H and O–H groups in total. The molecule has 1 heterocycles. The molecule has 0 radical (unpaired) electrons. The van der Waals surface area contributed by atoms with Crippen LogP contribution in [0.4, 0.5) is 10.2 Å². The van der Waals surface area contributed by atoms with Crippen LogP contribution < -0.4 is 5.32 Å². The van der Waals surface area contributed by atoms with E-state index in [0.29, 0.717) is 11.0 Å². The first-order chi connectivity index (χ1) is 12.0.